The zero-order valence-corrected chi connectivity index (χ0v) is 10.9. The van der Waals surface area contributed by atoms with Crippen LogP contribution < -0.4 is 5.32 Å². The van der Waals surface area contributed by atoms with Gasteiger partial charge in [-0.05, 0) is 36.2 Å². The Labute approximate surface area is 111 Å². The Morgan fingerprint density at radius 2 is 1.94 bits per heavy atom. The van der Waals surface area contributed by atoms with Crippen molar-refractivity contribution in [3.63, 3.8) is 0 Å². The first-order valence-electron chi connectivity index (χ1n) is 5.24. The van der Waals surface area contributed by atoms with Crippen LogP contribution in [0.15, 0.2) is 36.7 Å². The number of aryl methyl sites for hydroxylation is 1. The Morgan fingerprint density at radius 3 is 2.65 bits per heavy atom. The molecule has 17 heavy (non-hydrogen) atoms. The Morgan fingerprint density at radius 1 is 1.12 bits per heavy atom. The van der Waals surface area contributed by atoms with Gasteiger partial charge in [-0.1, -0.05) is 29.3 Å². The molecule has 0 unspecified atom stereocenters. The highest BCUT2D eigenvalue weighted by Gasteiger charge is 1.99. The van der Waals surface area contributed by atoms with Crippen LogP contribution in [-0.4, -0.2) is 4.98 Å². The molecule has 0 aliphatic carbocycles. The predicted molar refractivity (Wildman–Crippen MR) is 72.8 cm³/mol. The van der Waals surface area contributed by atoms with E-state index in [0.717, 1.165) is 16.8 Å². The normalized spacial score (nSPS) is 10.3. The number of rotatable bonds is 3. The maximum absolute atomic E-state index is 5.94. The Kier molecular flexibility index (Phi) is 3.87. The highest BCUT2D eigenvalue weighted by atomic mass is 35.5. The third-order valence-corrected chi connectivity index (χ3v) is 3.09. The molecule has 0 atom stereocenters. The first-order valence-corrected chi connectivity index (χ1v) is 6.00. The summed E-state index contributed by atoms with van der Waals surface area (Å²) in [7, 11) is 0. The molecule has 1 heterocycles. The molecule has 0 fully saturated rings. The topological polar surface area (TPSA) is 24.9 Å². The second-order valence-electron chi connectivity index (χ2n) is 3.85. The summed E-state index contributed by atoms with van der Waals surface area (Å²) in [6.45, 7) is 2.74. The average molecular weight is 267 g/mol. The smallest absolute Gasteiger partial charge is 0.0612 e. The van der Waals surface area contributed by atoms with E-state index in [4.69, 9.17) is 23.2 Å². The molecule has 1 aromatic heterocycles. The van der Waals surface area contributed by atoms with Gasteiger partial charge in [-0.3, -0.25) is 4.98 Å². The number of halogens is 2. The number of nitrogens with one attached hydrogen (secondary N) is 1. The van der Waals surface area contributed by atoms with Gasteiger partial charge in [0.2, 0.25) is 0 Å². The molecule has 0 amide bonds. The molecule has 2 aromatic rings. The van der Waals surface area contributed by atoms with Crippen molar-refractivity contribution in [1.82, 2.24) is 4.98 Å². The number of aromatic nitrogens is 1. The number of hydrogen-bond acceptors (Lipinski definition) is 2. The van der Waals surface area contributed by atoms with Crippen molar-refractivity contribution in [3.05, 3.63) is 57.8 Å². The van der Waals surface area contributed by atoms with Crippen LogP contribution in [-0.2, 0) is 6.54 Å². The molecule has 0 bridgehead atoms. The lowest BCUT2D eigenvalue weighted by Crippen LogP contribution is -2.00. The van der Waals surface area contributed by atoms with Crippen LogP contribution >= 0.6 is 23.2 Å². The minimum absolute atomic E-state index is 0.555. The van der Waals surface area contributed by atoms with E-state index in [0.29, 0.717) is 16.6 Å². The number of benzene rings is 1. The zero-order valence-electron chi connectivity index (χ0n) is 9.37. The summed E-state index contributed by atoms with van der Waals surface area (Å²) in [5.41, 5.74) is 3.23. The minimum Gasteiger partial charge on any atom is -0.381 e. The molecule has 4 heteroatoms. The van der Waals surface area contributed by atoms with Gasteiger partial charge in [0, 0.05) is 24.6 Å². The highest BCUT2D eigenvalue weighted by molar-refractivity contribution is 6.42. The molecule has 0 aliphatic heterocycles. The van der Waals surface area contributed by atoms with Gasteiger partial charge in [0.1, 0.15) is 0 Å². The fraction of sp³-hybridized carbons (Fsp3) is 0.154. The van der Waals surface area contributed by atoms with Crippen LogP contribution in [0.1, 0.15) is 11.1 Å². The van der Waals surface area contributed by atoms with Gasteiger partial charge < -0.3 is 5.32 Å². The minimum atomic E-state index is 0.555. The standard InChI is InChI=1S/C13H12Cl2N2/c1-9-4-10(7-16-6-9)8-17-11-2-3-12(14)13(15)5-11/h2-7,17H,8H2,1H3. The molecule has 2 rings (SSSR count). The lowest BCUT2D eigenvalue weighted by atomic mass is 10.2. The molecule has 0 aliphatic rings. The second-order valence-corrected chi connectivity index (χ2v) is 4.67. The monoisotopic (exact) mass is 266 g/mol. The fourth-order valence-electron chi connectivity index (χ4n) is 1.52. The number of hydrogen-bond donors (Lipinski definition) is 1. The largest absolute Gasteiger partial charge is 0.381 e. The van der Waals surface area contributed by atoms with Crippen molar-refractivity contribution in [2.45, 2.75) is 13.5 Å². The van der Waals surface area contributed by atoms with Crippen LogP contribution in [0.2, 0.25) is 10.0 Å². The maximum Gasteiger partial charge on any atom is 0.0612 e. The Bertz CT molecular complexity index is 527. The van der Waals surface area contributed by atoms with Gasteiger partial charge in [-0.2, -0.15) is 0 Å². The number of anilines is 1. The van der Waals surface area contributed by atoms with Crippen LogP contribution in [0, 0.1) is 6.92 Å². The quantitative estimate of drug-likeness (QED) is 0.896. The van der Waals surface area contributed by atoms with Crippen molar-refractivity contribution in [2.75, 3.05) is 5.32 Å². The van der Waals surface area contributed by atoms with Gasteiger partial charge >= 0.3 is 0 Å². The second kappa shape index (κ2) is 5.39. The predicted octanol–water partition coefficient (Wildman–Crippen LogP) is 4.31. The molecule has 2 nitrogen and oxygen atoms in total. The first kappa shape index (κ1) is 12.2. The lowest BCUT2D eigenvalue weighted by Gasteiger charge is -2.07. The summed E-state index contributed by atoms with van der Waals surface area (Å²) in [6.07, 6.45) is 3.68. The van der Waals surface area contributed by atoms with E-state index in [2.05, 4.69) is 16.4 Å². The average Bonchev–Trinajstić information content (AvgIpc) is 2.31. The summed E-state index contributed by atoms with van der Waals surface area (Å²) in [6, 6.07) is 7.59. The van der Waals surface area contributed by atoms with Crippen molar-refractivity contribution in [3.8, 4) is 0 Å². The third-order valence-electron chi connectivity index (χ3n) is 2.35. The SMILES string of the molecule is Cc1cncc(CNc2ccc(Cl)c(Cl)c2)c1. The van der Waals surface area contributed by atoms with E-state index in [-0.39, 0.29) is 0 Å². The van der Waals surface area contributed by atoms with Crippen molar-refractivity contribution < 1.29 is 0 Å². The van der Waals surface area contributed by atoms with E-state index >= 15 is 0 Å². The van der Waals surface area contributed by atoms with E-state index in [1.54, 1.807) is 6.07 Å². The summed E-state index contributed by atoms with van der Waals surface area (Å²) >= 11 is 11.8. The van der Waals surface area contributed by atoms with Crippen LogP contribution in [0.25, 0.3) is 0 Å². The van der Waals surface area contributed by atoms with Gasteiger partial charge in [0.15, 0.2) is 0 Å². The van der Waals surface area contributed by atoms with Crippen LogP contribution in [0.4, 0.5) is 5.69 Å². The van der Waals surface area contributed by atoms with Gasteiger partial charge in [-0.15, -0.1) is 0 Å². The summed E-state index contributed by atoms with van der Waals surface area (Å²) in [5, 5.41) is 4.39. The molecule has 1 aromatic carbocycles. The molecule has 1 N–H and O–H groups in total. The van der Waals surface area contributed by atoms with Crippen molar-refractivity contribution in [2.24, 2.45) is 0 Å². The van der Waals surface area contributed by atoms with E-state index in [1.165, 1.54) is 0 Å². The molecule has 88 valence electrons. The zero-order chi connectivity index (χ0) is 12.3. The van der Waals surface area contributed by atoms with Crippen LogP contribution in [0.5, 0.6) is 0 Å². The molecule has 0 spiro atoms. The third kappa shape index (κ3) is 3.35. The number of pyridine rings is 1. The van der Waals surface area contributed by atoms with E-state index in [9.17, 15) is 0 Å². The molecular weight excluding hydrogens is 255 g/mol. The molecule has 0 radical (unpaired) electrons. The van der Waals surface area contributed by atoms with E-state index in [1.807, 2.05) is 31.5 Å². The summed E-state index contributed by atoms with van der Waals surface area (Å²) in [5.74, 6) is 0. The van der Waals surface area contributed by atoms with Gasteiger partial charge in [-0.25, -0.2) is 0 Å². The Balaban J connectivity index is 2.05. The summed E-state index contributed by atoms with van der Waals surface area (Å²) < 4.78 is 0. The van der Waals surface area contributed by atoms with Crippen molar-refractivity contribution >= 4 is 28.9 Å². The van der Waals surface area contributed by atoms with Crippen molar-refractivity contribution in [1.29, 1.82) is 0 Å². The van der Waals surface area contributed by atoms with E-state index < -0.39 is 0 Å². The van der Waals surface area contributed by atoms with Crippen LogP contribution in [0.3, 0.4) is 0 Å². The molecule has 0 saturated heterocycles. The van der Waals surface area contributed by atoms with Gasteiger partial charge in [0.25, 0.3) is 0 Å². The maximum atomic E-state index is 5.94. The van der Waals surface area contributed by atoms with Gasteiger partial charge in [0.05, 0.1) is 10.0 Å². The first-order chi connectivity index (χ1) is 8.15. The molecular formula is C13H12Cl2N2. The Hall–Kier alpha value is -1.25. The highest BCUT2D eigenvalue weighted by Crippen LogP contribution is 2.25. The molecule has 0 saturated carbocycles. The number of nitrogens with zero attached hydrogens (tertiary/aromatic N) is 1. The lowest BCUT2D eigenvalue weighted by molar-refractivity contribution is 1.10. The fourth-order valence-corrected chi connectivity index (χ4v) is 1.82. The summed E-state index contributed by atoms with van der Waals surface area (Å²) in [4.78, 5) is 4.14.